The number of nitrogens with zero attached hydrogens (tertiary/aromatic N) is 2. The zero-order valence-electron chi connectivity index (χ0n) is 20.6. The Morgan fingerprint density at radius 2 is 1.28 bits per heavy atom. The van der Waals surface area contributed by atoms with Gasteiger partial charge in [0, 0.05) is 27.4 Å². The van der Waals surface area contributed by atoms with Crippen LogP contribution < -0.4 is 4.74 Å². The number of benzene rings is 4. The molecule has 5 nitrogen and oxygen atoms in total. The van der Waals surface area contributed by atoms with E-state index in [4.69, 9.17) is 27.9 Å². The Bertz CT molecular complexity index is 1570. The number of rotatable bonds is 5. The Kier molecular flexibility index (Phi) is 5.80. The Hall–Kier alpha value is -3.93. The van der Waals surface area contributed by atoms with Gasteiger partial charge in [-0.05, 0) is 58.1 Å². The summed E-state index contributed by atoms with van der Waals surface area (Å²) in [5.41, 5.74) is 5.97. The van der Waals surface area contributed by atoms with Crippen molar-refractivity contribution in [3.8, 4) is 5.75 Å². The molecule has 2 bridgehead atoms. The zero-order chi connectivity index (χ0) is 26.7. The SMILES string of the molecule is O=C1C2C3c4ccccc4C(c4ccccc43)C2C(=O)N1/N=C/c1cc(Cl)ccc1OCc1cccc(Cl)c1. The number of amides is 2. The van der Waals surface area contributed by atoms with Gasteiger partial charge in [0.05, 0.1) is 18.1 Å². The van der Waals surface area contributed by atoms with Gasteiger partial charge in [-0.1, -0.05) is 83.9 Å². The highest BCUT2D eigenvalue weighted by molar-refractivity contribution is 6.31. The zero-order valence-corrected chi connectivity index (χ0v) is 22.1. The van der Waals surface area contributed by atoms with Crippen LogP contribution in [-0.2, 0) is 16.2 Å². The molecule has 1 fully saturated rings. The maximum Gasteiger partial charge on any atom is 0.254 e. The van der Waals surface area contributed by atoms with Crippen LogP contribution in [0.1, 0.15) is 45.2 Å². The third-order valence-corrected chi connectivity index (χ3v) is 8.46. The first kappa shape index (κ1) is 24.1. The molecule has 0 N–H and O–H groups in total. The molecule has 4 aromatic rings. The minimum atomic E-state index is -0.484. The Balaban J connectivity index is 1.21. The monoisotopic (exact) mass is 552 g/mol. The van der Waals surface area contributed by atoms with E-state index in [1.165, 1.54) is 6.21 Å². The standard InChI is InChI=1S/C32H22Cl2N2O3/c33-20-7-5-6-18(14-20)17-39-26-13-12-21(34)15-19(26)16-35-36-31(37)29-27-22-8-1-2-9-23(22)28(30(29)32(36)38)25-11-4-3-10-24(25)27/h1-16,27-30H,17H2/b35-16+. The van der Waals surface area contributed by atoms with Gasteiger partial charge >= 0.3 is 0 Å². The van der Waals surface area contributed by atoms with Gasteiger partial charge in [0.15, 0.2) is 0 Å². The van der Waals surface area contributed by atoms with Gasteiger partial charge in [0.1, 0.15) is 12.4 Å². The molecule has 0 aromatic heterocycles. The van der Waals surface area contributed by atoms with Crippen LogP contribution in [0.2, 0.25) is 10.0 Å². The van der Waals surface area contributed by atoms with Crippen molar-refractivity contribution < 1.29 is 14.3 Å². The summed E-state index contributed by atoms with van der Waals surface area (Å²) in [4.78, 5) is 27.6. The Labute approximate surface area is 235 Å². The lowest BCUT2D eigenvalue weighted by molar-refractivity contribution is -0.139. The van der Waals surface area contributed by atoms with Crippen molar-refractivity contribution in [3.05, 3.63) is 134 Å². The van der Waals surface area contributed by atoms with Crippen molar-refractivity contribution in [3.63, 3.8) is 0 Å². The van der Waals surface area contributed by atoms with Crippen molar-refractivity contribution in [2.45, 2.75) is 18.4 Å². The van der Waals surface area contributed by atoms with E-state index >= 15 is 0 Å². The molecule has 0 radical (unpaired) electrons. The Morgan fingerprint density at radius 3 is 1.85 bits per heavy atom. The van der Waals surface area contributed by atoms with E-state index in [9.17, 15) is 9.59 Å². The second-order valence-corrected chi connectivity index (χ2v) is 11.0. The predicted molar refractivity (Wildman–Crippen MR) is 150 cm³/mol. The lowest BCUT2D eigenvalue weighted by Crippen LogP contribution is -2.41. The molecule has 2 atom stereocenters. The maximum absolute atomic E-state index is 13.8. The molecule has 4 aliphatic rings. The van der Waals surface area contributed by atoms with Gasteiger partial charge in [-0.15, -0.1) is 0 Å². The molecule has 192 valence electrons. The average Bonchev–Trinajstić information content (AvgIpc) is 3.21. The molecule has 39 heavy (non-hydrogen) atoms. The van der Waals surface area contributed by atoms with Crippen LogP contribution in [0.4, 0.5) is 0 Å². The van der Waals surface area contributed by atoms with Gasteiger partial charge in [-0.2, -0.15) is 10.1 Å². The lowest BCUT2D eigenvalue weighted by Gasteiger charge is -2.45. The number of carbonyl (C=O) groups excluding carboxylic acids is 2. The Morgan fingerprint density at radius 1 is 0.718 bits per heavy atom. The first-order chi connectivity index (χ1) is 19.0. The van der Waals surface area contributed by atoms with Gasteiger partial charge < -0.3 is 4.74 Å². The minimum Gasteiger partial charge on any atom is -0.488 e. The fraction of sp³-hybridized carbons (Fsp3) is 0.156. The van der Waals surface area contributed by atoms with Crippen LogP contribution in [0.25, 0.3) is 0 Å². The number of imide groups is 1. The van der Waals surface area contributed by atoms with Gasteiger partial charge in [-0.3, -0.25) is 9.59 Å². The van der Waals surface area contributed by atoms with E-state index in [1.807, 2.05) is 42.5 Å². The van der Waals surface area contributed by atoms with Gasteiger partial charge in [0.25, 0.3) is 11.8 Å². The van der Waals surface area contributed by atoms with Crippen molar-refractivity contribution in [2.75, 3.05) is 0 Å². The summed E-state index contributed by atoms with van der Waals surface area (Å²) in [6, 6.07) is 28.9. The smallest absolute Gasteiger partial charge is 0.254 e. The molecule has 4 aromatic carbocycles. The second-order valence-electron chi connectivity index (χ2n) is 10.1. The minimum absolute atomic E-state index is 0.174. The van der Waals surface area contributed by atoms with Crippen LogP contribution >= 0.6 is 23.2 Å². The number of hydrogen-bond donors (Lipinski definition) is 0. The molecule has 0 spiro atoms. The summed E-state index contributed by atoms with van der Waals surface area (Å²) < 4.78 is 6.03. The molecule has 3 aliphatic carbocycles. The summed E-state index contributed by atoms with van der Waals surface area (Å²) in [5.74, 6) is -1.34. The molecule has 2 unspecified atom stereocenters. The number of halogens is 2. The van der Waals surface area contributed by atoms with Crippen LogP contribution in [-0.4, -0.2) is 23.0 Å². The fourth-order valence-corrected chi connectivity index (χ4v) is 6.83. The molecular formula is C32H22Cl2N2O3. The third kappa shape index (κ3) is 3.88. The van der Waals surface area contributed by atoms with E-state index in [-0.39, 0.29) is 30.3 Å². The predicted octanol–water partition coefficient (Wildman–Crippen LogP) is 6.80. The highest BCUT2D eigenvalue weighted by atomic mass is 35.5. The maximum atomic E-state index is 13.8. The molecule has 1 heterocycles. The molecule has 1 saturated heterocycles. The quantitative estimate of drug-likeness (QED) is 0.202. The first-order valence-corrected chi connectivity index (χ1v) is 13.5. The largest absolute Gasteiger partial charge is 0.488 e. The van der Waals surface area contributed by atoms with E-state index < -0.39 is 11.8 Å². The van der Waals surface area contributed by atoms with Crippen molar-refractivity contribution >= 4 is 41.2 Å². The summed E-state index contributed by atoms with van der Waals surface area (Å²) in [5, 5.41) is 6.59. The van der Waals surface area contributed by atoms with Crippen molar-refractivity contribution in [1.29, 1.82) is 0 Å². The van der Waals surface area contributed by atoms with Crippen LogP contribution in [0, 0.1) is 11.8 Å². The van der Waals surface area contributed by atoms with Crippen LogP contribution in [0.3, 0.4) is 0 Å². The van der Waals surface area contributed by atoms with Crippen LogP contribution in [0.15, 0.2) is 96.1 Å². The molecule has 8 rings (SSSR count). The number of carbonyl (C=O) groups is 2. The summed E-state index contributed by atoms with van der Waals surface area (Å²) in [6.07, 6.45) is 1.48. The summed E-state index contributed by atoms with van der Waals surface area (Å²) in [6.45, 7) is 0.286. The van der Waals surface area contributed by atoms with E-state index in [2.05, 4.69) is 29.4 Å². The lowest BCUT2D eigenvalue weighted by atomic mass is 9.55. The summed E-state index contributed by atoms with van der Waals surface area (Å²) >= 11 is 12.4. The number of ether oxygens (including phenoxy) is 1. The van der Waals surface area contributed by atoms with Gasteiger partial charge in [0.2, 0.25) is 0 Å². The normalized spacial score (nSPS) is 22.7. The molecule has 2 amide bonds. The van der Waals surface area contributed by atoms with Gasteiger partial charge in [-0.25, -0.2) is 0 Å². The van der Waals surface area contributed by atoms with E-state index in [0.29, 0.717) is 21.4 Å². The fourth-order valence-electron chi connectivity index (χ4n) is 6.43. The average molecular weight is 553 g/mol. The third-order valence-electron chi connectivity index (χ3n) is 7.99. The topological polar surface area (TPSA) is 59.0 Å². The van der Waals surface area contributed by atoms with E-state index in [0.717, 1.165) is 32.8 Å². The highest BCUT2D eigenvalue weighted by Crippen LogP contribution is 2.60. The van der Waals surface area contributed by atoms with Crippen molar-refractivity contribution in [2.24, 2.45) is 16.9 Å². The molecular weight excluding hydrogens is 531 g/mol. The van der Waals surface area contributed by atoms with Crippen LogP contribution in [0.5, 0.6) is 5.75 Å². The molecule has 0 saturated carbocycles. The first-order valence-electron chi connectivity index (χ1n) is 12.8. The second kappa shape index (κ2) is 9.37. The van der Waals surface area contributed by atoms with E-state index in [1.54, 1.807) is 24.3 Å². The number of hydrazone groups is 1. The molecule has 1 aliphatic heterocycles. The van der Waals surface area contributed by atoms with Crippen molar-refractivity contribution in [1.82, 2.24) is 5.01 Å². The summed E-state index contributed by atoms with van der Waals surface area (Å²) in [7, 11) is 0. The molecule has 7 heteroatoms. The number of hydrogen-bond acceptors (Lipinski definition) is 4. The highest BCUT2D eigenvalue weighted by Gasteiger charge is 2.61.